The molecule has 0 amide bonds. The van der Waals surface area contributed by atoms with Crippen LogP contribution in [-0.2, 0) is 20.8 Å². The number of nitrogens with zero attached hydrogens (tertiary/aromatic N) is 4. The van der Waals surface area contributed by atoms with Crippen LogP contribution in [0.15, 0.2) is 5.16 Å². The highest BCUT2D eigenvalue weighted by atomic mass is 32.2. The van der Waals surface area contributed by atoms with Crippen molar-refractivity contribution in [1.82, 2.24) is 20.2 Å². The Labute approximate surface area is 111 Å². The topological polar surface area (TPSA) is 71.3 Å². The van der Waals surface area contributed by atoms with Crippen LogP contribution >= 0.6 is 11.8 Å². The van der Waals surface area contributed by atoms with Gasteiger partial charge in [-0.3, -0.25) is 4.74 Å². The quantitative estimate of drug-likeness (QED) is 0.402. The van der Waals surface area contributed by atoms with Crippen LogP contribution < -0.4 is 0 Å². The third kappa shape index (κ3) is 6.18. The molecule has 0 aliphatic heterocycles. The maximum absolute atomic E-state index is 11.8. The highest BCUT2D eigenvalue weighted by molar-refractivity contribution is 7.99. The summed E-state index contributed by atoms with van der Waals surface area (Å²) in [4.78, 5) is 0. The van der Waals surface area contributed by atoms with Crippen molar-refractivity contribution in [3.8, 4) is 0 Å². The van der Waals surface area contributed by atoms with E-state index in [0.29, 0.717) is 5.16 Å². The number of hydrogen-bond acceptors (Lipinski definition) is 7. The van der Waals surface area contributed by atoms with Crippen molar-refractivity contribution in [3.63, 3.8) is 0 Å². The van der Waals surface area contributed by atoms with E-state index in [1.165, 1.54) is 18.9 Å². The lowest BCUT2D eigenvalue weighted by Crippen LogP contribution is -2.22. The number of tetrazole rings is 1. The molecule has 1 rings (SSSR count). The maximum atomic E-state index is 11.8. The standard InChI is InChI=1S/C8H13F3N4O3S/c1-16-6(17-2)5-15-7(12-13-14-15)19-4-3-18-8(9,10)11/h6H,3-5H2,1-2H3. The van der Waals surface area contributed by atoms with Gasteiger partial charge in [-0.15, -0.1) is 18.3 Å². The molecule has 0 fully saturated rings. The van der Waals surface area contributed by atoms with Gasteiger partial charge >= 0.3 is 6.36 Å². The van der Waals surface area contributed by atoms with E-state index in [2.05, 4.69) is 20.3 Å². The van der Waals surface area contributed by atoms with Crippen molar-refractivity contribution in [2.45, 2.75) is 24.4 Å². The van der Waals surface area contributed by atoms with Gasteiger partial charge < -0.3 is 9.47 Å². The van der Waals surface area contributed by atoms with Crippen LogP contribution in [-0.4, -0.2) is 59.4 Å². The van der Waals surface area contributed by atoms with Gasteiger partial charge in [0.15, 0.2) is 6.29 Å². The molecule has 7 nitrogen and oxygen atoms in total. The molecule has 0 aromatic carbocycles. The van der Waals surface area contributed by atoms with Crippen LogP contribution in [0, 0.1) is 0 Å². The summed E-state index contributed by atoms with van der Waals surface area (Å²) in [5.41, 5.74) is 0. The molecular weight excluding hydrogens is 289 g/mol. The molecule has 0 aliphatic carbocycles. The molecule has 19 heavy (non-hydrogen) atoms. The van der Waals surface area contributed by atoms with E-state index in [0.717, 1.165) is 11.8 Å². The van der Waals surface area contributed by atoms with E-state index in [1.807, 2.05) is 0 Å². The van der Waals surface area contributed by atoms with Crippen LogP contribution in [0.1, 0.15) is 0 Å². The minimum Gasteiger partial charge on any atom is -0.354 e. The average molecular weight is 302 g/mol. The second kappa shape index (κ2) is 7.62. The predicted octanol–water partition coefficient (Wildman–Crippen LogP) is 0.920. The zero-order valence-electron chi connectivity index (χ0n) is 10.3. The van der Waals surface area contributed by atoms with Gasteiger partial charge in [0.05, 0.1) is 13.2 Å². The summed E-state index contributed by atoms with van der Waals surface area (Å²) in [5.74, 6) is 0.0739. The molecule has 1 heterocycles. The largest absolute Gasteiger partial charge is 0.522 e. The van der Waals surface area contributed by atoms with Gasteiger partial charge in [-0.1, -0.05) is 11.8 Å². The van der Waals surface area contributed by atoms with Crippen molar-refractivity contribution < 1.29 is 27.4 Å². The van der Waals surface area contributed by atoms with Gasteiger partial charge in [-0.2, -0.15) is 0 Å². The normalized spacial score (nSPS) is 12.3. The summed E-state index contributed by atoms with van der Waals surface area (Å²) in [6.45, 7) is -0.235. The second-order valence-corrected chi connectivity index (χ2v) is 4.25. The first-order valence-corrected chi connectivity index (χ1v) is 6.10. The third-order valence-corrected chi connectivity index (χ3v) is 2.85. The van der Waals surface area contributed by atoms with E-state index in [4.69, 9.17) is 9.47 Å². The first-order chi connectivity index (χ1) is 8.96. The van der Waals surface area contributed by atoms with Crippen LogP contribution in [0.4, 0.5) is 13.2 Å². The lowest BCUT2D eigenvalue weighted by molar-refractivity contribution is -0.322. The second-order valence-electron chi connectivity index (χ2n) is 3.19. The number of thioether (sulfide) groups is 1. The fourth-order valence-electron chi connectivity index (χ4n) is 1.09. The van der Waals surface area contributed by atoms with E-state index < -0.39 is 19.3 Å². The summed E-state index contributed by atoms with van der Waals surface area (Å²) in [5, 5.41) is 11.2. The zero-order valence-corrected chi connectivity index (χ0v) is 11.1. The number of halogens is 3. The third-order valence-electron chi connectivity index (χ3n) is 1.93. The van der Waals surface area contributed by atoms with Gasteiger partial charge in [-0.25, -0.2) is 4.68 Å². The van der Waals surface area contributed by atoms with Crippen molar-refractivity contribution in [1.29, 1.82) is 0 Å². The number of rotatable bonds is 8. The Kier molecular flexibility index (Phi) is 6.48. The minimum absolute atomic E-state index is 0.0739. The Bertz CT molecular complexity index is 372. The van der Waals surface area contributed by atoms with Crippen molar-refractivity contribution in [2.24, 2.45) is 0 Å². The summed E-state index contributed by atoms with van der Waals surface area (Å²) in [7, 11) is 2.92. The molecule has 1 aromatic heterocycles. The summed E-state index contributed by atoms with van der Waals surface area (Å²) in [6.07, 6.45) is -5.15. The van der Waals surface area contributed by atoms with Gasteiger partial charge in [0.2, 0.25) is 5.16 Å². The van der Waals surface area contributed by atoms with Crippen molar-refractivity contribution >= 4 is 11.8 Å². The SMILES string of the molecule is COC(Cn1nnnc1SCCOC(F)(F)F)OC. The molecule has 0 saturated heterocycles. The summed E-state index contributed by atoms with van der Waals surface area (Å²) >= 11 is 1.05. The zero-order chi connectivity index (χ0) is 14.3. The van der Waals surface area contributed by atoms with Crippen LogP contribution in [0.5, 0.6) is 0 Å². The number of aromatic nitrogens is 4. The Morgan fingerprint density at radius 2 is 2.00 bits per heavy atom. The fourth-order valence-corrected chi connectivity index (χ4v) is 1.79. The lowest BCUT2D eigenvalue weighted by Gasteiger charge is -2.13. The smallest absolute Gasteiger partial charge is 0.354 e. The Hall–Kier alpha value is -0.910. The molecule has 0 aliphatic rings. The molecule has 0 bridgehead atoms. The van der Waals surface area contributed by atoms with E-state index in [1.54, 1.807) is 0 Å². The summed E-state index contributed by atoms with van der Waals surface area (Å²) in [6, 6.07) is 0. The average Bonchev–Trinajstić information content (AvgIpc) is 2.78. The van der Waals surface area contributed by atoms with Crippen LogP contribution in [0.25, 0.3) is 0 Å². The van der Waals surface area contributed by atoms with E-state index in [9.17, 15) is 13.2 Å². The number of alkyl halides is 3. The van der Waals surface area contributed by atoms with Crippen LogP contribution in [0.2, 0.25) is 0 Å². The number of hydrogen-bond donors (Lipinski definition) is 0. The Morgan fingerprint density at radius 3 is 2.58 bits per heavy atom. The molecule has 0 N–H and O–H groups in total. The molecule has 0 radical (unpaired) electrons. The van der Waals surface area contributed by atoms with Gasteiger partial charge in [0.1, 0.15) is 0 Å². The fraction of sp³-hybridized carbons (Fsp3) is 0.875. The highest BCUT2D eigenvalue weighted by Gasteiger charge is 2.28. The molecule has 110 valence electrons. The van der Waals surface area contributed by atoms with Gasteiger partial charge in [-0.05, 0) is 10.4 Å². The predicted molar refractivity (Wildman–Crippen MR) is 58.4 cm³/mol. The first-order valence-electron chi connectivity index (χ1n) is 5.11. The number of ether oxygens (including phenoxy) is 3. The van der Waals surface area contributed by atoms with Gasteiger partial charge in [0.25, 0.3) is 0 Å². The monoisotopic (exact) mass is 302 g/mol. The summed E-state index contributed by atoms with van der Waals surface area (Å²) < 4.78 is 50.2. The van der Waals surface area contributed by atoms with E-state index >= 15 is 0 Å². The Morgan fingerprint density at radius 1 is 1.32 bits per heavy atom. The molecular formula is C8H13F3N4O3S. The van der Waals surface area contributed by atoms with Crippen molar-refractivity contribution in [2.75, 3.05) is 26.6 Å². The van der Waals surface area contributed by atoms with Crippen molar-refractivity contribution in [3.05, 3.63) is 0 Å². The highest BCUT2D eigenvalue weighted by Crippen LogP contribution is 2.19. The van der Waals surface area contributed by atoms with E-state index in [-0.39, 0.29) is 12.3 Å². The van der Waals surface area contributed by atoms with Crippen LogP contribution in [0.3, 0.4) is 0 Å². The molecule has 0 spiro atoms. The molecule has 1 aromatic rings. The van der Waals surface area contributed by atoms with Gasteiger partial charge in [0, 0.05) is 20.0 Å². The first kappa shape index (κ1) is 16.1. The molecule has 0 saturated carbocycles. The maximum Gasteiger partial charge on any atom is 0.522 e. The number of methoxy groups -OCH3 is 2. The Balaban J connectivity index is 2.40. The molecule has 11 heteroatoms. The minimum atomic E-state index is -4.62. The molecule has 0 unspecified atom stereocenters. The molecule has 0 atom stereocenters. The lowest BCUT2D eigenvalue weighted by atomic mass is 10.6.